The third kappa shape index (κ3) is 6.76. The molecule has 1 aliphatic rings. The summed E-state index contributed by atoms with van der Waals surface area (Å²) >= 11 is 1.30. The van der Waals surface area contributed by atoms with Crippen molar-refractivity contribution in [1.29, 1.82) is 0 Å². The summed E-state index contributed by atoms with van der Waals surface area (Å²) in [5, 5.41) is 9.58. The van der Waals surface area contributed by atoms with Crippen molar-refractivity contribution in [3.63, 3.8) is 0 Å². The van der Waals surface area contributed by atoms with E-state index >= 15 is 0 Å². The second-order valence-electron chi connectivity index (χ2n) is 8.41. The highest BCUT2D eigenvalue weighted by atomic mass is 32.2. The van der Waals surface area contributed by atoms with Gasteiger partial charge in [0.05, 0.1) is 0 Å². The van der Waals surface area contributed by atoms with Gasteiger partial charge in [-0.05, 0) is 54.0 Å². The molecule has 8 nitrogen and oxygen atoms in total. The summed E-state index contributed by atoms with van der Waals surface area (Å²) in [6.45, 7) is 5.75. The standard InChI is InChI=1S/C26H30O8S/c1-14-6-9-19(13-20(14)12-18-7-10-21(30)11-8-18)22-23(31-15(2)27)24(32-16(3)28)25(33-17(4)29)26(34-22)35-5/h6-11,13,22-26,30H,12H2,1-5H3/t22-,23-,24+,25-,26+/m0/s1. The summed E-state index contributed by atoms with van der Waals surface area (Å²) in [6, 6.07) is 12.8. The molecule has 0 unspecified atom stereocenters. The van der Waals surface area contributed by atoms with Crippen molar-refractivity contribution in [2.24, 2.45) is 0 Å². The van der Waals surface area contributed by atoms with E-state index in [0.29, 0.717) is 6.42 Å². The average Bonchev–Trinajstić information content (AvgIpc) is 2.78. The van der Waals surface area contributed by atoms with E-state index in [0.717, 1.165) is 22.3 Å². The zero-order valence-electron chi connectivity index (χ0n) is 20.3. The molecule has 0 bridgehead atoms. The summed E-state index contributed by atoms with van der Waals surface area (Å²) < 4.78 is 22.9. The van der Waals surface area contributed by atoms with Gasteiger partial charge in [-0.25, -0.2) is 0 Å². The van der Waals surface area contributed by atoms with Gasteiger partial charge in [-0.3, -0.25) is 14.4 Å². The number of benzene rings is 2. The minimum Gasteiger partial charge on any atom is -0.508 e. The van der Waals surface area contributed by atoms with Crippen molar-refractivity contribution in [2.75, 3.05) is 6.26 Å². The van der Waals surface area contributed by atoms with Crippen LogP contribution in [-0.2, 0) is 39.8 Å². The highest BCUT2D eigenvalue weighted by Gasteiger charge is 2.52. The minimum atomic E-state index is -1.06. The molecule has 3 rings (SSSR count). The molecule has 1 heterocycles. The summed E-state index contributed by atoms with van der Waals surface area (Å²) in [5.74, 6) is -1.55. The number of carbonyl (C=O) groups is 3. The van der Waals surface area contributed by atoms with Crippen molar-refractivity contribution >= 4 is 29.7 Å². The fourth-order valence-corrected chi connectivity index (χ4v) is 4.83. The molecule has 35 heavy (non-hydrogen) atoms. The first-order valence-electron chi connectivity index (χ1n) is 11.2. The van der Waals surface area contributed by atoms with Crippen LogP contribution in [0.3, 0.4) is 0 Å². The number of hydrogen-bond acceptors (Lipinski definition) is 9. The van der Waals surface area contributed by atoms with Crippen LogP contribution in [-0.4, -0.2) is 53.0 Å². The maximum atomic E-state index is 12.0. The van der Waals surface area contributed by atoms with Gasteiger partial charge < -0.3 is 24.1 Å². The van der Waals surface area contributed by atoms with E-state index < -0.39 is 47.8 Å². The average molecular weight is 503 g/mol. The molecule has 0 spiro atoms. The molecule has 188 valence electrons. The SMILES string of the molecule is CS[C@H]1O[C@@H](c2ccc(C)c(Cc3ccc(O)cc3)c2)[C@H](OC(C)=O)[C@@H](OC(C)=O)[C@@H]1OC(C)=O. The number of aromatic hydroxyl groups is 1. The second kappa shape index (κ2) is 11.6. The molecule has 1 aliphatic heterocycles. The molecule has 0 aliphatic carbocycles. The van der Waals surface area contributed by atoms with E-state index in [4.69, 9.17) is 18.9 Å². The number of phenolic OH excluding ortho intramolecular Hbond substituents is 1. The van der Waals surface area contributed by atoms with Crippen LogP contribution < -0.4 is 0 Å². The van der Waals surface area contributed by atoms with Crippen LogP contribution in [0.25, 0.3) is 0 Å². The highest BCUT2D eigenvalue weighted by Crippen LogP contribution is 2.40. The van der Waals surface area contributed by atoms with Crippen LogP contribution in [0.15, 0.2) is 42.5 Å². The van der Waals surface area contributed by atoms with Gasteiger partial charge >= 0.3 is 17.9 Å². The minimum absolute atomic E-state index is 0.195. The molecular weight excluding hydrogens is 472 g/mol. The predicted octanol–water partition coefficient (Wildman–Crippen LogP) is 3.85. The maximum Gasteiger partial charge on any atom is 0.303 e. The van der Waals surface area contributed by atoms with Crippen LogP contribution in [0, 0.1) is 6.92 Å². The zero-order chi connectivity index (χ0) is 25.7. The summed E-state index contributed by atoms with van der Waals surface area (Å²) in [4.78, 5) is 35.8. The molecule has 0 saturated carbocycles. The van der Waals surface area contributed by atoms with E-state index in [1.165, 1.54) is 32.5 Å². The lowest BCUT2D eigenvalue weighted by molar-refractivity contribution is -0.233. The number of hydrogen-bond donors (Lipinski definition) is 1. The van der Waals surface area contributed by atoms with E-state index in [1.54, 1.807) is 18.4 Å². The first-order chi connectivity index (χ1) is 16.6. The smallest absolute Gasteiger partial charge is 0.303 e. The third-order valence-electron chi connectivity index (χ3n) is 5.67. The summed E-state index contributed by atoms with van der Waals surface area (Å²) in [5.41, 5.74) is 3.15. The normalized spacial score (nSPS) is 23.9. The van der Waals surface area contributed by atoms with Gasteiger partial charge in [0, 0.05) is 20.8 Å². The number of rotatable bonds is 7. The first-order valence-corrected chi connectivity index (χ1v) is 12.4. The largest absolute Gasteiger partial charge is 0.508 e. The van der Waals surface area contributed by atoms with Gasteiger partial charge in [-0.1, -0.05) is 30.3 Å². The highest BCUT2D eigenvalue weighted by molar-refractivity contribution is 7.99. The monoisotopic (exact) mass is 502 g/mol. The number of ether oxygens (including phenoxy) is 4. The molecule has 1 fully saturated rings. The van der Waals surface area contributed by atoms with Gasteiger partial charge in [-0.15, -0.1) is 11.8 Å². The number of esters is 3. The number of aryl methyl sites for hydroxylation is 1. The Morgan fingerprint density at radius 2 is 1.46 bits per heavy atom. The van der Waals surface area contributed by atoms with Crippen molar-refractivity contribution < 1.29 is 38.4 Å². The number of thioether (sulfide) groups is 1. The Hall–Kier alpha value is -3.04. The van der Waals surface area contributed by atoms with E-state index in [-0.39, 0.29) is 5.75 Å². The predicted molar refractivity (Wildman–Crippen MR) is 130 cm³/mol. The lowest BCUT2D eigenvalue weighted by atomic mass is 9.90. The fraction of sp³-hybridized carbons (Fsp3) is 0.423. The molecule has 1 saturated heterocycles. The van der Waals surface area contributed by atoms with Gasteiger partial charge in [-0.2, -0.15) is 0 Å². The van der Waals surface area contributed by atoms with Crippen LogP contribution in [0.5, 0.6) is 5.75 Å². The first kappa shape index (κ1) is 26.6. The number of phenols is 1. The van der Waals surface area contributed by atoms with E-state index in [1.807, 2.05) is 37.3 Å². The van der Waals surface area contributed by atoms with Crippen molar-refractivity contribution in [1.82, 2.24) is 0 Å². The molecule has 2 aromatic rings. The Labute approximate surface area is 208 Å². The second-order valence-corrected chi connectivity index (χ2v) is 9.35. The lowest BCUT2D eigenvalue weighted by Crippen LogP contribution is -2.57. The number of carbonyl (C=O) groups excluding carboxylic acids is 3. The van der Waals surface area contributed by atoms with Gasteiger partial charge in [0.1, 0.15) is 17.3 Å². The molecule has 9 heteroatoms. The Balaban J connectivity index is 2.03. The van der Waals surface area contributed by atoms with Crippen molar-refractivity contribution in [3.05, 3.63) is 64.7 Å². The Bertz CT molecular complexity index is 1070. The molecule has 0 radical (unpaired) electrons. The molecular formula is C26H30O8S. The molecule has 0 amide bonds. The Morgan fingerprint density at radius 3 is 2.03 bits per heavy atom. The fourth-order valence-electron chi connectivity index (χ4n) is 4.12. The molecule has 2 aromatic carbocycles. The van der Waals surface area contributed by atoms with Gasteiger partial charge in [0.25, 0.3) is 0 Å². The summed E-state index contributed by atoms with van der Waals surface area (Å²) in [6.07, 6.45) is -1.42. The van der Waals surface area contributed by atoms with Crippen LogP contribution >= 0.6 is 11.8 Å². The topological polar surface area (TPSA) is 108 Å². The molecule has 1 N–H and O–H groups in total. The quantitative estimate of drug-likeness (QED) is 0.446. The molecule has 0 aromatic heterocycles. The van der Waals surface area contributed by atoms with Crippen LogP contribution in [0.1, 0.15) is 49.1 Å². The van der Waals surface area contributed by atoms with Crippen molar-refractivity contribution in [2.45, 2.75) is 64.0 Å². The Morgan fingerprint density at radius 1 is 0.886 bits per heavy atom. The zero-order valence-corrected chi connectivity index (χ0v) is 21.2. The van der Waals surface area contributed by atoms with E-state index in [9.17, 15) is 19.5 Å². The van der Waals surface area contributed by atoms with Crippen LogP contribution in [0.4, 0.5) is 0 Å². The van der Waals surface area contributed by atoms with Gasteiger partial charge in [0.2, 0.25) is 0 Å². The maximum absolute atomic E-state index is 12.0. The van der Waals surface area contributed by atoms with Gasteiger partial charge in [0.15, 0.2) is 18.3 Å². The Kier molecular flexibility index (Phi) is 8.80. The van der Waals surface area contributed by atoms with Crippen molar-refractivity contribution in [3.8, 4) is 5.75 Å². The lowest BCUT2D eigenvalue weighted by Gasteiger charge is -2.44. The summed E-state index contributed by atoms with van der Waals surface area (Å²) in [7, 11) is 0. The molecule has 5 atom stereocenters. The van der Waals surface area contributed by atoms with Crippen LogP contribution in [0.2, 0.25) is 0 Å². The third-order valence-corrected chi connectivity index (χ3v) is 6.51. The van der Waals surface area contributed by atoms with E-state index in [2.05, 4.69) is 0 Å².